The minimum absolute atomic E-state index is 0.0494. The maximum absolute atomic E-state index is 12.5. The quantitative estimate of drug-likeness (QED) is 0.327. The Morgan fingerprint density at radius 3 is 2.42 bits per heavy atom. The van der Waals surface area contributed by atoms with Gasteiger partial charge in [-0.25, -0.2) is 15.0 Å². The maximum Gasteiger partial charge on any atom is 0.223 e. The highest BCUT2D eigenvalue weighted by molar-refractivity contribution is 5.90. The predicted octanol–water partition coefficient (Wildman–Crippen LogP) is 2.99. The molecule has 1 aliphatic heterocycles. The molecule has 40 heavy (non-hydrogen) atoms. The molecule has 0 radical (unpaired) electrons. The third-order valence-electron chi connectivity index (χ3n) is 7.71. The molecule has 9 nitrogen and oxygen atoms in total. The molecular weight excluding hydrogens is 504 g/mol. The molecule has 9 heteroatoms. The Labute approximate surface area is 234 Å². The molecule has 2 aliphatic rings. The number of amidine groups is 1. The number of hydrogen-bond acceptors (Lipinski definition) is 7. The van der Waals surface area contributed by atoms with Crippen molar-refractivity contribution in [2.45, 2.75) is 50.9 Å². The summed E-state index contributed by atoms with van der Waals surface area (Å²) in [7, 11) is 1.93. The van der Waals surface area contributed by atoms with Gasteiger partial charge in [0.25, 0.3) is 0 Å². The molecule has 3 atom stereocenters. The number of rotatable bonds is 8. The number of carbonyl (C=O) groups is 1. The Morgan fingerprint density at radius 1 is 1.15 bits per heavy atom. The molecule has 4 N–H and O–H groups in total. The molecule has 1 saturated carbocycles. The van der Waals surface area contributed by atoms with E-state index in [1.54, 1.807) is 23.9 Å². The summed E-state index contributed by atoms with van der Waals surface area (Å²) in [5.74, 6) is 8.03. The van der Waals surface area contributed by atoms with Gasteiger partial charge in [0.15, 0.2) is 0 Å². The van der Waals surface area contributed by atoms with Crippen LogP contribution >= 0.6 is 0 Å². The summed E-state index contributed by atoms with van der Waals surface area (Å²) in [4.78, 5) is 21.2. The molecule has 208 valence electrons. The Morgan fingerprint density at radius 2 is 1.82 bits per heavy atom. The highest BCUT2D eigenvalue weighted by Crippen LogP contribution is 2.42. The number of nitrogens with zero attached hydrogens (tertiary/aromatic N) is 4. The van der Waals surface area contributed by atoms with E-state index >= 15 is 0 Å². The van der Waals surface area contributed by atoms with E-state index in [1.807, 2.05) is 43.2 Å². The summed E-state index contributed by atoms with van der Waals surface area (Å²) in [6, 6.07) is 16.1. The fourth-order valence-electron chi connectivity index (χ4n) is 5.12. The van der Waals surface area contributed by atoms with Crippen LogP contribution in [0.3, 0.4) is 0 Å². The second-order valence-electron chi connectivity index (χ2n) is 10.5. The molecule has 1 aromatic heterocycles. The fraction of sp³-hybridized carbons (Fsp3) is 0.387. The number of benzene rings is 2. The van der Waals surface area contributed by atoms with E-state index in [-0.39, 0.29) is 24.6 Å². The molecule has 1 unspecified atom stereocenters. The molecular formula is C31H36N6O3. The molecule has 0 bridgehead atoms. The smallest absolute Gasteiger partial charge is 0.223 e. The molecule has 1 fully saturated rings. The van der Waals surface area contributed by atoms with Crippen LogP contribution in [0.5, 0.6) is 0 Å². The fourth-order valence-corrected chi connectivity index (χ4v) is 5.12. The van der Waals surface area contributed by atoms with Gasteiger partial charge < -0.3 is 25.5 Å². The van der Waals surface area contributed by atoms with E-state index in [9.17, 15) is 15.0 Å². The van der Waals surface area contributed by atoms with Gasteiger partial charge in [0.05, 0.1) is 13.2 Å². The van der Waals surface area contributed by atoms with Gasteiger partial charge in [-0.1, -0.05) is 48.2 Å². The minimum atomic E-state index is -0.742. The van der Waals surface area contributed by atoms with E-state index in [0.717, 1.165) is 35.4 Å². The molecule has 2 heterocycles. The summed E-state index contributed by atoms with van der Waals surface area (Å²) in [5, 5.41) is 24.6. The van der Waals surface area contributed by atoms with Crippen molar-refractivity contribution >= 4 is 11.7 Å². The third-order valence-corrected chi connectivity index (χ3v) is 7.71. The van der Waals surface area contributed by atoms with Crippen molar-refractivity contribution in [1.82, 2.24) is 25.3 Å². The summed E-state index contributed by atoms with van der Waals surface area (Å²) in [6.45, 7) is 3.90. The first-order valence-corrected chi connectivity index (χ1v) is 13.7. The zero-order chi connectivity index (χ0) is 28.2. The van der Waals surface area contributed by atoms with Crippen molar-refractivity contribution < 1.29 is 15.0 Å². The maximum atomic E-state index is 12.5. The minimum Gasteiger partial charge on any atom is -0.393 e. The Balaban J connectivity index is 1.14. The number of nitrogens with one attached hydrogen (secondary N) is 2. The monoisotopic (exact) mass is 540 g/mol. The van der Waals surface area contributed by atoms with Crippen molar-refractivity contribution in [2.75, 3.05) is 20.2 Å². The van der Waals surface area contributed by atoms with Gasteiger partial charge in [-0.15, -0.1) is 0 Å². The number of hydrazine groups is 1. The van der Waals surface area contributed by atoms with Gasteiger partial charge in [0, 0.05) is 30.9 Å². The van der Waals surface area contributed by atoms with Gasteiger partial charge in [0.2, 0.25) is 5.91 Å². The number of aliphatic hydroxyl groups is 2. The molecule has 3 aromatic rings. The van der Waals surface area contributed by atoms with Gasteiger partial charge >= 0.3 is 0 Å². The topological polar surface area (TPSA) is 115 Å². The molecule has 5 rings (SSSR count). The Kier molecular flexibility index (Phi) is 8.31. The van der Waals surface area contributed by atoms with E-state index in [4.69, 9.17) is 0 Å². The lowest BCUT2D eigenvalue weighted by Crippen LogP contribution is -2.44. The normalized spacial score (nSPS) is 21.8. The van der Waals surface area contributed by atoms with Gasteiger partial charge in [-0.05, 0) is 61.4 Å². The van der Waals surface area contributed by atoms with Crippen LogP contribution in [0.4, 0.5) is 0 Å². The van der Waals surface area contributed by atoms with Crippen LogP contribution in [-0.4, -0.2) is 62.9 Å². The van der Waals surface area contributed by atoms with Crippen molar-refractivity contribution in [3.8, 4) is 23.0 Å². The van der Waals surface area contributed by atoms with E-state index in [1.165, 1.54) is 5.56 Å². The number of aromatic nitrogens is 2. The average molecular weight is 541 g/mol. The van der Waals surface area contributed by atoms with Crippen molar-refractivity contribution in [2.24, 2.45) is 10.9 Å². The van der Waals surface area contributed by atoms with Gasteiger partial charge in [0.1, 0.15) is 30.0 Å². The van der Waals surface area contributed by atoms with Crippen LogP contribution in [-0.2, 0) is 4.79 Å². The lowest BCUT2D eigenvalue weighted by Gasteiger charge is -2.34. The largest absolute Gasteiger partial charge is 0.393 e. The molecule has 0 spiro atoms. The third kappa shape index (κ3) is 6.10. The zero-order valence-electron chi connectivity index (χ0n) is 23.1. The lowest BCUT2D eigenvalue weighted by molar-refractivity contribution is -0.127. The summed E-state index contributed by atoms with van der Waals surface area (Å²) < 4.78 is 1.70. The van der Waals surface area contributed by atoms with Crippen LogP contribution in [0.1, 0.15) is 61.7 Å². The molecule has 2 aromatic carbocycles. The molecule has 1 amide bonds. The zero-order valence-corrected chi connectivity index (χ0v) is 23.1. The average Bonchev–Trinajstić information content (AvgIpc) is 3.54. The summed E-state index contributed by atoms with van der Waals surface area (Å²) in [5.41, 5.74) is 7.47. The molecule has 0 saturated heterocycles. The van der Waals surface area contributed by atoms with Crippen molar-refractivity contribution in [3.05, 3.63) is 77.9 Å². The van der Waals surface area contributed by atoms with Gasteiger partial charge in [-0.3, -0.25) is 4.79 Å². The number of imidazole rings is 1. The number of aliphatic hydroxyl groups excluding tert-OH is 2. The van der Waals surface area contributed by atoms with E-state index in [0.29, 0.717) is 18.3 Å². The Hall–Kier alpha value is -3.97. The van der Waals surface area contributed by atoms with Crippen molar-refractivity contribution in [1.29, 1.82) is 0 Å². The SMILES string of the molecule is CC1N=C(CNC(=O)C2CC(c3ccc(-c4ccc(C#C[C@@H](CO)n5ccnc5[C@H](C)O)cc4)cc3)C2)NN1C. The standard InChI is InChI=1S/C31H36N6O3/c1-20(39)30-32-14-15-37(30)28(19-38)13-6-22-4-7-23(8-5-22)24-9-11-25(12-10-24)26-16-27(17-26)31(40)33-18-29-34-21(2)36(3)35-29/h4-5,7-12,14-15,20-21,26-28,38-39H,16-19H2,1-3H3,(H,33,40)(H,34,35)/t20-,21?,26?,27?,28-/m0/s1. The van der Waals surface area contributed by atoms with Crippen LogP contribution in [0.2, 0.25) is 0 Å². The first-order chi connectivity index (χ1) is 19.3. The van der Waals surface area contributed by atoms with Crippen LogP contribution < -0.4 is 10.7 Å². The van der Waals surface area contributed by atoms with Crippen LogP contribution in [0.25, 0.3) is 11.1 Å². The first kappa shape index (κ1) is 27.6. The van der Waals surface area contributed by atoms with Crippen LogP contribution in [0, 0.1) is 17.8 Å². The number of aliphatic imine (C=N–C) groups is 1. The highest BCUT2D eigenvalue weighted by Gasteiger charge is 2.35. The van der Waals surface area contributed by atoms with E-state index in [2.05, 4.69) is 56.8 Å². The summed E-state index contributed by atoms with van der Waals surface area (Å²) >= 11 is 0. The second kappa shape index (κ2) is 12.0. The lowest BCUT2D eigenvalue weighted by atomic mass is 9.71. The van der Waals surface area contributed by atoms with Crippen molar-refractivity contribution in [3.63, 3.8) is 0 Å². The Bertz CT molecular complexity index is 1410. The van der Waals surface area contributed by atoms with Crippen LogP contribution in [0.15, 0.2) is 65.9 Å². The number of carbonyl (C=O) groups excluding carboxylic acids is 1. The highest BCUT2D eigenvalue weighted by atomic mass is 16.3. The van der Waals surface area contributed by atoms with Gasteiger partial charge in [-0.2, -0.15) is 0 Å². The number of amides is 1. The first-order valence-electron chi connectivity index (χ1n) is 13.7. The van der Waals surface area contributed by atoms with E-state index < -0.39 is 12.1 Å². The number of hydrogen-bond donors (Lipinski definition) is 4. The second-order valence-corrected chi connectivity index (χ2v) is 10.5. The predicted molar refractivity (Wildman–Crippen MR) is 154 cm³/mol. The summed E-state index contributed by atoms with van der Waals surface area (Å²) in [6.07, 6.45) is 4.37. The molecule has 1 aliphatic carbocycles.